The van der Waals surface area contributed by atoms with Crippen LogP contribution in [0.25, 0.3) is 0 Å². The number of aliphatic hydroxyl groups excluding tert-OH is 1. The van der Waals surface area contributed by atoms with E-state index < -0.39 is 30.0 Å². The predicted molar refractivity (Wildman–Crippen MR) is 189 cm³/mol. The second kappa shape index (κ2) is 23.4. The highest BCUT2D eigenvalue weighted by molar-refractivity contribution is 6.22. The number of amides is 3. The van der Waals surface area contributed by atoms with Gasteiger partial charge in [0.1, 0.15) is 12.1 Å². The Kier molecular flexibility index (Phi) is 20.5. The second-order valence-corrected chi connectivity index (χ2v) is 11.3. The van der Waals surface area contributed by atoms with E-state index in [1.54, 1.807) is 6.92 Å². The molecule has 2 aliphatic rings. The largest absolute Gasteiger partial charge is 0.392 e. The molecule has 10 nitrogen and oxygen atoms in total. The number of fused-ring (bicyclic) bond motifs is 1. The van der Waals surface area contributed by atoms with Gasteiger partial charge in [-0.25, -0.2) is 0 Å². The molecular formula is C36H56N6O4. The Morgan fingerprint density at radius 1 is 0.891 bits per heavy atom. The molecular weight excluding hydrogens is 580 g/mol. The molecule has 0 saturated heterocycles. The number of nitrogens with one attached hydrogen (secondary N) is 4. The van der Waals surface area contributed by atoms with Gasteiger partial charge >= 0.3 is 0 Å². The zero-order chi connectivity index (χ0) is 32.9. The number of carbonyl (C=O) groups excluding carboxylic acids is 3. The van der Waals surface area contributed by atoms with Crippen molar-refractivity contribution in [2.75, 3.05) is 6.54 Å². The Morgan fingerprint density at radius 3 is 1.91 bits per heavy atom. The summed E-state index contributed by atoms with van der Waals surface area (Å²) < 4.78 is 0. The summed E-state index contributed by atoms with van der Waals surface area (Å²) in [5, 5.41) is 20.8. The Hall–Kier alpha value is -3.89. The van der Waals surface area contributed by atoms with Gasteiger partial charge in [0.25, 0.3) is 5.91 Å². The van der Waals surface area contributed by atoms with Crippen LogP contribution in [0.1, 0.15) is 86.5 Å². The average Bonchev–Trinajstić information content (AvgIpc) is 3.00. The molecule has 2 aliphatic heterocycles. The van der Waals surface area contributed by atoms with E-state index in [0.717, 1.165) is 38.5 Å². The zero-order valence-electron chi connectivity index (χ0n) is 27.2. The van der Waals surface area contributed by atoms with Crippen LogP contribution in [-0.4, -0.2) is 65.4 Å². The highest BCUT2D eigenvalue weighted by Crippen LogP contribution is 2.10. The number of aliphatic hydroxyl groups is 1. The topological polar surface area (TPSA) is 144 Å². The van der Waals surface area contributed by atoms with Crippen molar-refractivity contribution in [3.63, 3.8) is 0 Å². The van der Waals surface area contributed by atoms with Crippen LogP contribution in [-0.2, 0) is 14.4 Å². The fourth-order valence-corrected chi connectivity index (χ4v) is 4.43. The number of amidine groups is 1. The molecule has 4 unspecified atom stereocenters. The molecule has 0 aliphatic carbocycles. The molecule has 0 saturated carbocycles. The Bertz CT molecular complexity index is 1190. The smallest absolute Gasteiger partial charge is 0.251 e. The lowest BCUT2D eigenvalue weighted by Gasteiger charge is -2.32. The van der Waals surface area contributed by atoms with Gasteiger partial charge < -0.3 is 10.4 Å². The van der Waals surface area contributed by atoms with Crippen molar-refractivity contribution in [2.45, 2.75) is 111 Å². The molecule has 0 radical (unpaired) electrons. The average molecular weight is 637 g/mol. The van der Waals surface area contributed by atoms with Crippen LogP contribution in [0.15, 0.2) is 82.9 Å². The molecule has 0 bridgehead atoms. The van der Waals surface area contributed by atoms with Crippen molar-refractivity contribution in [1.82, 2.24) is 21.3 Å². The van der Waals surface area contributed by atoms with E-state index in [0.29, 0.717) is 6.42 Å². The van der Waals surface area contributed by atoms with Crippen LogP contribution in [0.5, 0.6) is 0 Å². The maximum atomic E-state index is 13.0. The third kappa shape index (κ3) is 15.9. The fraction of sp³-hybridized carbons (Fsp3) is 0.528. The van der Waals surface area contributed by atoms with Gasteiger partial charge in [-0.05, 0) is 57.8 Å². The number of allylic oxidation sites excluding steroid dienone is 12. The minimum absolute atomic E-state index is 0. The standard InChI is InChI=1S/C35H52N6O4.CH4/c1-5-6-7-8-9-10-11-12-13-14-15-16-17-18-19-20-21-22-23-24-29(43)38-30(26(2)3)33(44)40-35-39-32-31(34(45)41-35)37-28(25-36-32)27(4)42;/h6-7,9-10,12-13,15-16,18-19,21-22,26-28,30-31,37,42H,5,8,11,14,17,20,23-25H2,1-4H3,(H,38,43)(H2,36,39,40,41,44,45);1H4/b7-6-,10-9-,13-12-,16-15-,19-18-,22-21-;. The summed E-state index contributed by atoms with van der Waals surface area (Å²) >= 11 is 0. The van der Waals surface area contributed by atoms with E-state index in [-0.39, 0.29) is 50.1 Å². The van der Waals surface area contributed by atoms with Gasteiger partial charge in [0.05, 0.1) is 18.7 Å². The lowest BCUT2D eigenvalue weighted by molar-refractivity contribution is -0.129. The molecule has 0 aromatic heterocycles. The summed E-state index contributed by atoms with van der Waals surface area (Å²) in [6, 6.07) is -1.95. The second-order valence-electron chi connectivity index (χ2n) is 11.3. The van der Waals surface area contributed by atoms with Crippen molar-refractivity contribution in [2.24, 2.45) is 15.9 Å². The van der Waals surface area contributed by atoms with Crippen LogP contribution in [0.2, 0.25) is 0 Å². The SMILES string of the molecule is C.CC/C=C\C/C=C\C/C=C\C/C=C\C/C=C\C/C=C\CCC(=O)NC(C(=O)NC1=NC2=NCC(C(C)O)NC2C(=O)N1)C(C)C. The van der Waals surface area contributed by atoms with Gasteiger partial charge in [0.15, 0.2) is 5.84 Å². The molecule has 254 valence electrons. The molecule has 46 heavy (non-hydrogen) atoms. The number of hydrogen-bond donors (Lipinski definition) is 5. The molecule has 0 fully saturated rings. The van der Waals surface area contributed by atoms with Gasteiger partial charge in [-0.1, -0.05) is 101 Å². The van der Waals surface area contributed by atoms with E-state index >= 15 is 0 Å². The first kappa shape index (κ1) is 40.1. The van der Waals surface area contributed by atoms with E-state index in [9.17, 15) is 19.5 Å². The molecule has 2 heterocycles. The van der Waals surface area contributed by atoms with Crippen molar-refractivity contribution < 1.29 is 19.5 Å². The minimum Gasteiger partial charge on any atom is -0.392 e. The van der Waals surface area contributed by atoms with Crippen LogP contribution in [0, 0.1) is 5.92 Å². The van der Waals surface area contributed by atoms with E-state index in [2.05, 4.69) is 98.9 Å². The molecule has 10 heteroatoms. The van der Waals surface area contributed by atoms with Crippen molar-refractivity contribution >= 4 is 29.5 Å². The number of nitrogens with zero attached hydrogens (tertiary/aromatic N) is 2. The van der Waals surface area contributed by atoms with Gasteiger partial charge in [-0.3, -0.25) is 35.3 Å². The van der Waals surface area contributed by atoms with Gasteiger partial charge in [-0.2, -0.15) is 4.99 Å². The monoisotopic (exact) mass is 636 g/mol. The lowest BCUT2D eigenvalue weighted by Crippen LogP contribution is -2.64. The predicted octanol–water partition coefficient (Wildman–Crippen LogP) is 4.96. The Morgan fingerprint density at radius 2 is 1.41 bits per heavy atom. The summed E-state index contributed by atoms with van der Waals surface area (Å²) in [5.41, 5.74) is 0. The summed E-state index contributed by atoms with van der Waals surface area (Å²) in [6.07, 6.45) is 31.5. The molecule has 0 spiro atoms. The first-order valence-corrected chi connectivity index (χ1v) is 16.1. The molecule has 5 N–H and O–H groups in total. The third-order valence-electron chi connectivity index (χ3n) is 7.04. The highest BCUT2D eigenvalue weighted by atomic mass is 16.3. The number of carbonyl (C=O) groups is 3. The number of guanidine groups is 1. The summed E-state index contributed by atoms with van der Waals surface area (Å²) in [7, 11) is 0. The van der Waals surface area contributed by atoms with Crippen molar-refractivity contribution in [3.8, 4) is 0 Å². The molecule has 4 atom stereocenters. The molecule has 2 rings (SSSR count). The normalized spacial score (nSPS) is 19.9. The van der Waals surface area contributed by atoms with Crippen molar-refractivity contribution in [1.29, 1.82) is 0 Å². The summed E-state index contributed by atoms with van der Waals surface area (Å²) in [5.74, 6) is -1.11. The molecule has 0 aromatic carbocycles. The van der Waals surface area contributed by atoms with Crippen LogP contribution >= 0.6 is 0 Å². The van der Waals surface area contributed by atoms with E-state index in [4.69, 9.17) is 0 Å². The van der Waals surface area contributed by atoms with Crippen LogP contribution < -0.4 is 21.3 Å². The van der Waals surface area contributed by atoms with Gasteiger partial charge in [0.2, 0.25) is 17.8 Å². The maximum Gasteiger partial charge on any atom is 0.251 e. The Labute approximate surface area is 276 Å². The number of rotatable bonds is 18. The summed E-state index contributed by atoms with van der Waals surface area (Å²) in [4.78, 5) is 46.6. The van der Waals surface area contributed by atoms with Crippen molar-refractivity contribution in [3.05, 3.63) is 72.9 Å². The Balaban J connectivity index is 0.0000106. The third-order valence-corrected chi connectivity index (χ3v) is 7.04. The van der Waals surface area contributed by atoms with Crippen LogP contribution in [0.4, 0.5) is 0 Å². The highest BCUT2D eigenvalue weighted by Gasteiger charge is 2.37. The number of hydrogen-bond acceptors (Lipinski definition) is 7. The first-order valence-electron chi connectivity index (χ1n) is 16.1. The van der Waals surface area contributed by atoms with E-state index in [1.165, 1.54) is 0 Å². The number of aliphatic imine (C=N–C) groups is 2. The minimum atomic E-state index is -0.800. The maximum absolute atomic E-state index is 13.0. The van der Waals surface area contributed by atoms with E-state index in [1.807, 2.05) is 26.0 Å². The molecule has 0 aromatic rings. The fourth-order valence-electron chi connectivity index (χ4n) is 4.43. The lowest BCUT2D eigenvalue weighted by atomic mass is 10.0. The summed E-state index contributed by atoms with van der Waals surface area (Å²) in [6.45, 7) is 7.69. The van der Waals surface area contributed by atoms with Gasteiger partial charge in [-0.15, -0.1) is 0 Å². The zero-order valence-corrected chi connectivity index (χ0v) is 27.2. The first-order chi connectivity index (χ1) is 21.7. The van der Waals surface area contributed by atoms with Crippen LogP contribution in [0.3, 0.4) is 0 Å². The molecule has 3 amide bonds. The van der Waals surface area contributed by atoms with Gasteiger partial charge in [0, 0.05) is 6.42 Å². The quantitative estimate of drug-likeness (QED) is 0.135.